The summed E-state index contributed by atoms with van der Waals surface area (Å²) >= 11 is 1.03. The number of nitrogens with one attached hydrogen (secondary N) is 1. The zero-order valence-corrected chi connectivity index (χ0v) is 14.1. The average molecular weight is 326 g/mol. The lowest BCUT2D eigenvalue weighted by atomic mass is 9.79. The summed E-state index contributed by atoms with van der Waals surface area (Å²) in [5.74, 6) is 1.06. The van der Waals surface area contributed by atoms with E-state index in [-0.39, 0.29) is 28.7 Å². The maximum absolute atomic E-state index is 12.2. The third-order valence-electron chi connectivity index (χ3n) is 4.66. The Hall–Kier alpha value is -1.04. The molecule has 0 bridgehead atoms. The SMILES string of the molecule is CCCCC1CCC(C(=O)NCCN2C(=O)CSC2=O)CC1. The van der Waals surface area contributed by atoms with Crippen LogP contribution in [0.3, 0.4) is 0 Å². The summed E-state index contributed by atoms with van der Waals surface area (Å²) in [6.07, 6.45) is 8.07. The van der Waals surface area contributed by atoms with Crippen molar-refractivity contribution in [3.05, 3.63) is 0 Å². The number of hydrogen-bond acceptors (Lipinski definition) is 4. The summed E-state index contributed by atoms with van der Waals surface area (Å²) in [6, 6.07) is 0. The van der Waals surface area contributed by atoms with Crippen molar-refractivity contribution in [1.29, 1.82) is 0 Å². The van der Waals surface area contributed by atoms with Gasteiger partial charge in [-0.3, -0.25) is 19.3 Å². The van der Waals surface area contributed by atoms with Crippen LogP contribution in [0.4, 0.5) is 4.79 Å². The Labute approximate surface area is 136 Å². The number of imide groups is 1. The Morgan fingerprint density at radius 1 is 1.27 bits per heavy atom. The first kappa shape index (κ1) is 17.3. The molecule has 3 amide bonds. The average Bonchev–Trinajstić information content (AvgIpc) is 2.85. The molecule has 0 atom stereocenters. The van der Waals surface area contributed by atoms with E-state index in [9.17, 15) is 14.4 Å². The highest BCUT2D eigenvalue weighted by Gasteiger charge is 2.30. The summed E-state index contributed by atoms with van der Waals surface area (Å²) in [7, 11) is 0. The molecule has 0 aromatic rings. The van der Waals surface area contributed by atoms with Crippen LogP contribution in [-0.4, -0.2) is 40.8 Å². The highest BCUT2D eigenvalue weighted by molar-refractivity contribution is 8.14. The number of thioether (sulfide) groups is 1. The minimum atomic E-state index is -0.198. The lowest BCUT2D eigenvalue weighted by Gasteiger charge is -2.27. The zero-order valence-electron chi connectivity index (χ0n) is 13.3. The van der Waals surface area contributed by atoms with E-state index in [0.29, 0.717) is 13.1 Å². The Balaban J connectivity index is 1.64. The summed E-state index contributed by atoms with van der Waals surface area (Å²) in [5.41, 5.74) is 0. The normalized spacial score (nSPS) is 25.6. The molecule has 22 heavy (non-hydrogen) atoms. The molecule has 0 radical (unpaired) electrons. The van der Waals surface area contributed by atoms with E-state index < -0.39 is 0 Å². The van der Waals surface area contributed by atoms with E-state index in [2.05, 4.69) is 12.2 Å². The smallest absolute Gasteiger partial charge is 0.288 e. The molecule has 124 valence electrons. The number of nitrogens with zero attached hydrogens (tertiary/aromatic N) is 1. The van der Waals surface area contributed by atoms with Crippen molar-refractivity contribution in [2.24, 2.45) is 11.8 Å². The van der Waals surface area contributed by atoms with Crippen LogP contribution in [-0.2, 0) is 9.59 Å². The predicted octanol–water partition coefficient (Wildman–Crippen LogP) is 2.79. The highest BCUT2D eigenvalue weighted by atomic mass is 32.2. The Morgan fingerprint density at radius 3 is 2.59 bits per heavy atom. The minimum absolute atomic E-state index is 0.0840. The minimum Gasteiger partial charge on any atom is -0.354 e. The number of rotatable bonds is 7. The standard InChI is InChI=1S/C16H26N2O3S/c1-2-3-4-12-5-7-13(8-6-12)15(20)17-9-10-18-14(19)11-22-16(18)21/h12-13H,2-11H2,1H3,(H,17,20). The van der Waals surface area contributed by atoms with Gasteiger partial charge in [0.2, 0.25) is 11.8 Å². The van der Waals surface area contributed by atoms with E-state index in [0.717, 1.165) is 43.4 Å². The number of carbonyl (C=O) groups excluding carboxylic acids is 3. The van der Waals surface area contributed by atoms with Gasteiger partial charge in [-0.15, -0.1) is 0 Å². The van der Waals surface area contributed by atoms with Gasteiger partial charge in [-0.1, -0.05) is 37.9 Å². The Kier molecular flexibility index (Phi) is 6.73. The molecule has 0 aromatic heterocycles. The molecule has 1 aliphatic heterocycles. The predicted molar refractivity (Wildman–Crippen MR) is 87.5 cm³/mol. The van der Waals surface area contributed by atoms with Crippen LogP contribution in [0.2, 0.25) is 0 Å². The first-order valence-corrected chi connectivity index (χ1v) is 9.35. The van der Waals surface area contributed by atoms with Gasteiger partial charge in [0.05, 0.1) is 5.75 Å². The molecule has 1 N–H and O–H groups in total. The van der Waals surface area contributed by atoms with Gasteiger partial charge in [-0.05, 0) is 31.6 Å². The molecule has 0 spiro atoms. The van der Waals surface area contributed by atoms with Gasteiger partial charge in [0.15, 0.2) is 0 Å². The zero-order chi connectivity index (χ0) is 15.9. The van der Waals surface area contributed by atoms with Crippen LogP contribution in [0.15, 0.2) is 0 Å². The van der Waals surface area contributed by atoms with Crippen molar-refractivity contribution < 1.29 is 14.4 Å². The fourth-order valence-corrected chi connectivity index (χ4v) is 3.99. The maximum Gasteiger partial charge on any atom is 0.288 e. The van der Waals surface area contributed by atoms with Crippen molar-refractivity contribution in [3.63, 3.8) is 0 Å². The second-order valence-electron chi connectivity index (χ2n) is 6.25. The van der Waals surface area contributed by atoms with Crippen LogP contribution >= 0.6 is 11.8 Å². The third-order valence-corrected chi connectivity index (χ3v) is 5.52. The van der Waals surface area contributed by atoms with Crippen molar-refractivity contribution in [3.8, 4) is 0 Å². The molecule has 1 aliphatic carbocycles. The van der Waals surface area contributed by atoms with Gasteiger partial charge in [-0.25, -0.2) is 0 Å². The van der Waals surface area contributed by atoms with Crippen LogP contribution in [0, 0.1) is 11.8 Å². The molecule has 2 rings (SSSR count). The van der Waals surface area contributed by atoms with E-state index in [1.165, 1.54) is 24.2 Å². The van der Waals surface area contributed by atoms with Gasteiger partial charge in [0, 0.05) is 19.0 Å². The second kappa shape index (κ2) is 8.56. The van der Waals surface area contributed by atoms with Crippen LogP contribution in [0.5, 0.6) is 0 Å². The molecule has 1 saturated carbocycles. The first-order valence-electron chi connectivity index (χ1n) is 8.36. The molecule has 1 saturated heterocycles. The monoisotopic (exact) mass is 326 g/mol. The third kappa shape index (κ3) is 4.73. The van der Waals surface area contributed by atoms with Crippen molar-refractivity contribution in [1.82, 2.24) is 10.2 Å². The van der Waals surface area contributed by atoms with E-state index in [4.69, 9.17) is 0 Å². The Bertz CT molecular complexity index is 404. The fourth-order valence-electron chi connectivity index (χ4n) is 3.24. The van der Waals surface area contributed by atoms with E-state index >= 15 is 0 Å². The van der Waals surface area contributed by atoms with Crippen LogP contribution in [0.1, 0.15) is 51.9 Å². The Morgan fingerprint density at radius 2 is 2.00 bits per heavy atom. The number of unbranched alkanes of at least 4 members (excludes halogenated alkanes) is 1. The quantitative estimate of drug-likeness (QED) is 0.781. The fraction of sp³-hybridized carbons (Fsp3) is 0.812. The maximum atomic E-state index is 12.2. The molecule has 5 nitrogen and oxygen atoms in total. The van der Waals surface area contributed by atoms with Crippen LogP contribution < -0.4 is 5.32 Å². The van der Waals surface area contributed by atoms with Gasteiger partial charge in [0.25, 0.3) is 5.24 Å². The molecular formula is C16H26N2O3S. The molecular weight excluding hydrogens is 300 g/mol. The molecule has 0 unspecified atom stereocenters. The van der Waals surface area contributed by atoms with Crippen molar-refractivity contribution in [2.45, 2.75) is 51.9 Å². The van der Waals surface area contributed by atoms with Gasteiger partial charge < -0.3 is 5.32 Å². The molecule has 1 heterocycles. The number of carbonyl (C=O) groups is 3. The largest absolute Gasteiger partial charge is 0.354 e. The van der Waals surface area contributed by atoms with Crippen LogP contribution in [0.25, 0.3) is 0 Å². The summed E-state index contributed by atoms with van der Waals surface area (Å²) in [6.45, 7) is 2.88. The number of hydrogen-bond donors (Lipinski definition) is 1. The molecule has 0 aromatic carbocycles. The number of amides is 3. The van der Waals surface area contributed by atoms with Crippen molar-refractivity contribution in [2.75, 3.05) is 18.8 Å². The summed E-state index contributed by atoms with van der Waals surface area (Å²) in [5, 5.41) is 2.69. The molecule has 2 aliphatic rings. The lowest BCUT2D eigenvalue weighted by Crippen LogP contribution is -2.40. The van der Waals surface area contributed by atoms with E-state index in [1.54, 1.807) is 0 Å². The second-order valence-corrected chi connectivity index (χ2v) is 7.18. The topological polar surface area (TPSA) is 66.5 Å². The summed E-state index contributed by atoms with van der Waals surface area (Å²) < 4.78 is 0. The lowest BCUT2D eigenvalue weighted by molar-refractivity contribution is -0.127. The molecule has 6 heteroatoms. The van der Waals surface area contributed by atoms with Crippen molar-refractivity contribution >= 4 is 28.8 Å². The summed E-state index contributed by atoms with van der Waals surface area (Å²) in [4.78, 5) is 36.3. The molecule has 2 fully saturated rings. The highest BCUT2D eigenvalue weighted by Crippen LogP contribution is 2.31. The van der Waals surface area contributed by atoms with Gasteiger partial charge >= 0.3 is 0 Å². The van der Waals surface area contributed by atoms with E-state index in [1.807, 2.05) is 0 Å². The first-order chi connectivity index (χ1) is 10.6. The van der Waals surface area contributed by atoms with Gasteiger partial charge in [0.1, 0.15) is 0 Å². The van der Waals surface area contributed by atoms with Gasteiger partial charge in [-0.2, -0.15) is 0 Å².